The van der Waals surface area contributed by atoms with Gasteiger partial charge in [0.15, 0.2) is 0 Å². The normalized spacial score (nSPS) is 11.7. The Labute approximate surface area is 102 Å². The van der Waals surface area contributed by atoms with E-state index in [4.69, 9.17) is 19.3 Å². The second-order valence-corrected chi connectivity index (χ2v) is 3.36. The van der Waals surface area contributed by atoms with Gasteiger partial charge in [-0.2, -0.15) is 0 Å². The molecular formula is C13H20O4. The van der Waals surface area contributed by atoms with Crippen molar-refractivity contribution in [1.29, 1.82) is 0 Å². The van der Waals surface area contributed by atoms with Gasteiger partial charge in [0.2, 0.25) is 0 Å². The fourth-order valence-corrected chi connectivity index (χ4v) is 1.58. The summed E-state index contributed by atoms with van der Waals surface area (Å²) in [7, 11) is 0. The van der Waals surface area contributed by atoms with Gasteiger partial charge in [-0.1, -0.05) is 30.3 Å². The van der Waals surface area contributed by atoms with E-state index in [0.29, 0.717) is 13.2 Å². The molecule has 1 aromatic carbocycles. The Kier molecular flexibility index (Phi) is 6.15. The first-order valence-corrected chi connectivity index (χ1v) is 5.87. The molecule has 96 valence electrons. The summed E-state index contributed by atoms with van der Waals surface area (Å²) in [6, 6.07) is 9.46. The van der Waals surface area contributed by atoms with Crippen LogP contribution in [0.25, 0.3) is 0 Å². The van der Waals surface area contributed by atoms with Crippen LogP contribution in [-0.4, -0.2) is 31.5 Å². The predicted molar refractivity (Wildman–Crippen MR) is 64.4 cm³/mol. The largest absolute Gasteiger partial charge is 0.394 e. The molecule has 1 N–H and O–H groups in total. The van der Waals surface area contributed by atoms with E-state index in [0.717, 1.165) is 5.56 Å². The zero-order valence-corrected chi connectivity index (χ0v) is 10.4. The molecule has 0 saturated heterocycles. The van der Waals surface area contributed by atoms with Crippen molar-refractivity contribution in [2.24, 2.45) is 0 Å². The summed E-state index contributed by atoms with van der Waals surface area (Å²) >= 11 is 0. The van der Waals surface area contributed by atoms with Gasteiger partial charge in [-0.05, 0) is 13.8 Å². The third-order valence-corrected chi connectivity index (χ3v) is 2.18. The Hall–Kier alpha value is -0.940. The summed E-state index contributed by atoms with van der Waals surface area (Å²) in [5, 5.41) is 8.88. The SMILES string of the molecule is CCOC(OCC)(OCCO)c1ccccc1. The first kappa shape index (κ1) is 14.1. The highest BCUT2D eigenvalue weighted by Gasteiger charge is 2.35. The zero-order valence-electron chi connectivity index (χ0n) is 10.4. The van der Waals surface area contributed by atoms with Crippen LogP contribution in [0.4, 0.5) is 0 Å². The minimum Gasteiger partial charge on any atom is -0.394 e. The van der Waals surface area contributed by atoms with Crippen molar-refractivity contribution < 1.29 is 19.3 Å². The van der Waals surface area contributed by atoms with Gasteiger partial charge < -0.3 is 19.3 Å². The molecular weight excluding hydrogens is 220 g/mol. The van der Waals surface area contributed by atoms with E-state index < -0.39 is 5.97 Å². The third kappa shape index (κ3) is 3.78. The molecule has 0 aromatic heterocycles. The molecule has 1 rings (SSSR count). The lowest BCUT2D eigenvalue weighted by atomic mass is 10.2. The third-order valence-electron chi connectivity index (χ3n) is 2.18. The molecule has 4 nitrogen and oxygen atoms in total. The number of rotatable bonds is 8. The minimum atomic E-state index is -1.21. The lowest BCUT2D eigenvalue weighted by molar-refractivity contribution is -0.392. The van der Waals surface area contributed by atoms with E-state index in [2.05, 4.69) is 0 Å². The topological polar surface area (TPSA) is 47.9 Å². The molecule has 17 heavy (non-hydrogen) atoms. The molecule has 0 radical (unpaired) electrons. The molecule has 0 unspecified atom stereocenters. The molecule has 0 aliphatic rings. The summed E-state index contributed by atoms with van der Waals surface area (Å²) in [5.41, 5.74) is 0.789. The standard InChI is InChI=1S/C13H20O4/c1-3-15-13(16-4-2,17-11-10-14)12-8-6-5-7-9-12/h5-9,14H,3-4,10-11H2,1-2H3. The summed E-state index contributed by atoms with van der Waals surface area (Å²) in [5.74, 6) is -1.21. The minimum absolute atomic E-state index is 0.0747. The van der Waals surface area contributed by atoms with Crippen molar-refractivity contribution in [3.05, 3.63) is 35.9 Å². The van der Waals surface area contributed by atoms with Crippen molar-refractivity contribution in [3.8, 4) is 0 Å². The molecule has 0 aliphatic carbocycles. The number of aliphatic hydroxyl groups excluding tert-OH is 1. The van der Waals surface area contributed by atoms with Gasteiger partial charge in [0, 0.05) is 18.8 Å². The second kappa shape index (κ2) is 7.40. The molecule has 0 amide bonds. The maximum atomic E-state index is 8.88. The van der Waals surface area contributed by atoms with Crippen LogP contribution < -0.4 is 0 Å². The fourth-order valence-electron chi connectivity index (χ4n) is 1.58. The van der Waals surface area contributed by atoms with Crippen molar-refractivity contribution in [1.82, 2.24) is 0 Å². The highest BCUT2D eigenvalue weighted by atomic mass is 16.9. The molecule has 0 atom stereocenters. The van der Waals surface area contributed by atoms with Crippen LogP contribution in [0.1, 0.15) is 19.4 Å². The zero-order chi connectivity index (χ0) is 12.6. The Morgan fingerprint density at radius 2 is 1.59 bits per heavy atom. The number of benzene rings is 1. The highest BCUT2D eigenvalue weighted by molar-refractivity contribution is 5.18. The maximum absolute atomic E-state index is 8.88. The van der Waals surface area contributed by atoms with Crippen LogP contribution in [-0.2, 0) is 20.2 Å². The van der Waals surface area contributed by atoms with Crippen molar-refractivity contribution >= 4 is 0 Å². The van der Waals surface area contributed by atoms with Crippen LogP contribution in [0, 0.1) is 0 Å². The van der Waals surface area contributed by atoms with E-state index in [1.54, 1.807) is 0 Å². The molecule has 0 heterocycles. The number of hydrogen-bond donors (Lipinski definition) is 1. The smallest absolute Gasteiger partial charge is 0.312 e. The van der Waals surface area contributed by atoms with E-state index in [1.807, 2.05) is 44.2 Å². The number of ether oxygens (including phenoxy) is 3. The Morgan fingerprint density at radius 1 is 1.00 bits per heavy atom. The Balaban J connectivity index is 2.95. The maximum Gasteiger partial charge on any atom is 0.312 e. The van der Waals surface area contributed by atoms with Crippen molar-refractivity contribution in [2.45, 2.75) is 19.8 Å². The lowest BCUT2D eigenvalue weighted by Crippen LogP contribution is -2.37. The van der Waals surface area contributed by atoms with Gasteiger partial charge in [-0.15, -0.1) is 0 Å². The summed E-state index contributed by atoms with van der Waals surface area (Å²) in [6.45, 7) is 4.75. The second-order valence-electron chi connectivity index (χ2n) is 3.36. The predicted octanol–water partition coefficient (Wildman–Crippen LogP) is 1.88. The molecule has 1 aromatic rings. The molecule has 0 spiro atoms. The van der Waals surface area contributed by atoms with Crippen LogP contribution in [0.5, 0.6) is 0 Å². The average molecular weight is 240 g/mol. The number of aliphatic hydroxyl groups is 1. The Morgan fingerprint density at radius 3 is 2.06 bits per heavy atom. The van der Waals surface area contributed by atoms with E-state index in [-0.39, 0.29) is 13.2 Å². The quantitative estimate of drug-likeness (QED) is 0.705. The summed E-state index contributed by atoms with van der Waals surface area (Å²) < 4.78 is 16.8. The van der Waals surface area contributed by atoms with Gasteiger partial charge in [0.25, 0.3) is 0 Å². The van der Waals surface area contributed by atoms with Crippen LogP contribution in [0.3, 0.4) is 0 Å². The monoisotopic (exact) mass is 240 g/mol. The molecule has 0 aliphatic heterocycles. The van der Waals surface area contributed by atoms with Crippen molar-refractivity contribution in [2.75, 3.05) is 26.4 Å². The van der Waals surface area contributed by atoms with E-state index in [9.17, 15) is 0 Å². The summed E-state index contributed by atoms with van der Waals surface area (Å²) in [4.78, 5) is 0. The average Bonchev–Trinajstić information content (AvgIpc) is 2.37. The molecule has 0 fully saturated rings. The van der Waals surface area contributed by atoms with Gasteiger partial charge in [-0.3, -0.25) is 0 Å². The Bertz CT molecular complexity index is 294. The van der Waals surface area contributed by atoms with Crippen LogP contribution >= 0.6 is 0 Å². The molecule has 0 saturated carbocycles. The number of hydrogen-bond acceptors (Lipinski definition) is 4. The first-order chi connectivity index (χ1) is 8.29. The van der Waals surface area contributed by atoms with Crippen molar-refractivity contribution in [3.63, 3.8) is 0 Å². The van der Waals surface area contributed by atoms with Gasteiger partial charge in [0.05, 0.1) is 13.2 Å². The molecule has 4 heteroatoms. The summed E-state index contributed by atoms with van der Waals surface area (Å²) in [6.07, 6.45) is 0. The van der Waals surface area contributed by atoms with Gasteiger partial charge in [-0.25, -0.2) is 0 Å². The highest BCUT2D eigenvalue weighted by Crippen LogP contribution is 2.28. The molecule has 0 bridgehead atoms. The van der Waals surface area contributed by atoms with E-state index in [1.165, 1.54) is 0 Å². The fraction of sp³-hybridized carbons (Fsp3) is 0.538. The lowest BCUT2D eigenvalue weighted by Gasteiger charge is -2.32. The van der Waals surface area contributed by atoms with Crippen LogP contribution in [0.2, 0.25) is 0 Å². The first-order valence-electron chi connectivity index (χ1n) is 5.87. The van der Waals surface area contributed by atoms with E-state index >= 15 is 0 Å². The van der Waals surface area contributed by atoms with Crippen LogP contribution in [0.15, 0.2) is 30.3 Å². The van der Waals surface area contributed by atoms with Gasteiger partial charge in [0.1, 0.15) is 0 Å². The van der Waals surface area contributed by atoms with Gasteiger partial charge >= 0.3 is 5.97 Å².